The topological polar surface area (TPSA) is 73.5 Å². The zero-order valence-corrected chi connectivity index (χ0v) is 16.0. The molecule has 2 fully saturated rings. The van der Waals surface area contributed by atoms with Crippen molar-refractivity contribution in [2.45, 2.75) is 19.3 Å². The second kappa shape index (κ2) is 7.70. The van der Waals surface area contributed by atoms with E-state index < -0.39 is 0 Å². The third kappa shape index (κ3) is 4.14. The lowest BCUT2D eigenvalue weighted by atomic mass is 9.78. The van der Waals surface area contributed by atoms with Crippen molar-refractivity contribution >= 4 is 34.0 Å². The van der Waals surface area contributed by atoms with Gasteiger partial charge in [0.2, 0.25) is 0 Å². The van der Waals surface area contributed by atoms with Crippen molar-refractivity contribution in [3.8, 4) is 0 Å². The number of hydrogen-bond donors (Lipinski definition) is 3. The van der Waals surface area contributed by atoms with Crippen LogP contribution < -0.4 is 16.0 Å². The summed E-state index contributed by atoms with van der Waals surface area (Å²) in [4.78, 5) is 27.5. The molecule has 0 radical (unpaired) electrons. The Labute approximate surface area is 162 Å². The van der Waals surface area contributed by atoms with Crippen molar-refractivity contribution in [2.75, 3.05) is 36.8 Å². The molecule has 142 valence electrons. The monoisotopic (exact) mass is 384 g/mol. The summed E-state index contributed by atoms with van der Waals surface area (Å²) in [7, 11) is 0. The Morgan fingerprint density at radius 3 is 2.48 bits per heavy atom. The minimum absolute atomic E-state index is 0.0670. The highest BCUT2D eigenvalue weighted by Crippen LogP contribution is 2.37. The number of nitrogens with one attached hydrogen (secondary N) is 3. The molecule has 2 aliphatic heterocycles. The summed E-state index contributed by atoms with van der Waals surface area (Å²) in [5, 5.41) is 9.69. The lowest BCUT2D eigenvalue weighted by Gasteiger charge is -2.38. The molecule has 0 aliphatic carbocycles. The van der Waals surface area contributed by atoms with Crippen LogP contribution >= 0.6 is 11.3 Å². The van der Waals surface area contributed by atoms with Crippen molar-refractivity contribution < 1.29 is 9.59 Å². The van der Waals surface area contributed by atoms with Gasteiger partial charge in [-0.25, -0.2) is 4.79 Å². The quantitative estimate of drug-likeness (QED) is 0.757. The van der Waals surface area contributed by atoms with Crippen LogP contribution in [-0.4, -0.2) is 43.0 Å². The molecule has 7 heteroatoms. The molecule has 4 rings (SSSR count). The second-order valence-electron chi connectivity index (χ2n) is 7.33. The molecule has 1 aromatic heterocycles. The number of amides is 3. The third-order valence-corrected chi connectivity index (χ3v) is 6.52. The highest BCUT2D eigenvalue weighted by Gasteiger charge is 2.38. The van der Waals surface area contributed by atoms with Gasteiger partial charge in [0, 0.05) is 25.3 Å². The van der Waals surface area contributed by atoms with Crippen molar-refractivity contribution in [1.29, 1.82) is 0 Å². The lowest BCUT2D eigenvalue weighted by Crippen LogP contribution is -2.43. The van der Waals surface area contributed by atoms with Gasteiger partial charge in [-0.1, -0.05) is 18.2 Å². The molecule has 0 bridgehead atoms. The fraction of sp³-hybridized carbons (Fsp3) is 0.400. The van der Waals surface area contributed by atoms with E-state index in [-0.39, 0.29) is 11.9 Å². The van der Waals surface area contributed by atoms with E-state index in [2.05, 4.69) is 16.0 Å². The molecule has 3 amide bonds. The number of para-hydroxylation sites is 1. The number of likely N-dealkylation sites (tertiary alicyclic amines) is 1. The maximum Gasteiger partial charge on any atom is 0.324 e. The van der Waals surface area contributed by atoms with Gasteiger partial charge < -0.3 is 15.5 Å². The van der Waals surface area contributed by atoms with E-state index in [0.717, 1.165) is 44.7 Å². The number of hydrogen-bond acceptors (Lipinski definition) is 4. The minimum atomic E-state index is -0.310. The molecule has 0 saturated carbocycles. The van der Waals surface area contributed by atoms with Crippen LogP contribution in [0.1, 0.15) is 28.9 Å². The van der Waals surface area contributed by atoms with Crippen LogP contribution in [0, 0.1) is 5.41 Å². The summed E-state index contributed by atoms with van der Waals surface area (Å²) in [6.07, 6.45) is 3.36. The minimum Gasteiger partial charge on any atom is -0.338 e. The van der Waals surface area contributed by atoms with Crippen LogP contribution in [0.5, 0.6) is 0 Å². The van der Waals surface area contributed by atoms with Crippen molar-refractivity contribution in [2.24, 2.45) is 5.41 Å². The molecule has 2 aromatic rings. The summed E-state index contributed by atoms with van der Waals surface area (Å²) in [6, 6.07) is 12.5. The van der Waals surface area contributed by atoms with Crippen LogP contribution in [0.3, 0.4) is 0 Å². The van der Waals surface area contributed by atoms with Crippen molar-refractivity contribution in [3.63, 3.8) is 0 Å². The number of piperidine rings is 1. The first-order chi connectivity index (χ1) is 13.1. The Hall–Kier alpha value is -2.38. The summed E-state index contributed by atoms with van der Waals surface area (Å²) in [6.45, 7) is 3.81. The SMILES string of the molecule is O=C(Nc1ccccc1)Nc1ccc(C(=O)N2CCC3(CCNC3)CC2)s1. The highest BCUT2D eigenvalue weighted by atomic mass is 32.1. The van der Waals surface area contributed by atoms with Crippen LogP contribution in [0.4, 0.5) is 15.5 Å². The Balaban J connectivity index is 1.32. The first kappa shape index (κ1) is 18.0. The van der Waals surface area contributed by atoms with Crippen LogP contribution in [0.15, 0.2) is 42.5 Å². The summed E-state index contributed by atoms with van der Waals surface area (Å²) >= 11 is 1.32. The van der Waals surface area contributed by atoms with Gasteiger partial charge in [0.05, 0.1) is 9.88 Å². The van der Waals surface area contributed by atoms with Crippen molar-refractivity contribution in [3.05, 3.63) is 47.3 Å². The van der Waals surface area contributed by atoms with Crippen molar-refractivity contribution in [1.82, 2.24) is 10.2 Å². The molecule has 3 heterocycles. The van der Waals surface area contributed by atoms with Gasteiger partial charge in [0.1, 0.15) is 0 Å². The summed E-state index contributed by atoms with van der Waals surface area (Å²) in [5.41, 5.74) is 1.13. The van der Waals surface area contributed by atoms with E-state index in [1.54, 1.807) is 12.1 Å². The van der Waals surface area contributed by atoms with Gasteiger partial charge in [-0.3, -0.25) is 10.1 Å². The number of rotatable bonds is 3. The van der Waals surface area contributed by atoms with E-state index in [9.17, 15) is 9.59 Å². The van der Waals surface area contributed by atoms with E-state index in [1.165, 1.54) is 17.8 Å². The molecule has 3 N–H and O–H groups in total. The predicted octanol–water partition coefficient (Wildman–Crippen LogP) is 3.61. The lowest BCUT2D eigenvalue weighted by molar-refractivity contribution is 0.0612. The standard InChI is InChI=1S/C20H24N4O2S/c25-18(24-12-9-20(10-13-24)8-11-21-14-20)16-6-7-17(27-16)23-19(26)22-15-4-2-1-3-5-15/h1-7,21H,8-14H2,(H2,22,23,26). The Morgan fingerprint density at radius 1 is 1.00 bits per heavy atom. The summed E-state index contributed by atoms with van der Waals surface area (Å²) in [5.74, 6) is 0.0670. The highest BCUT2D eigenvalue weighted by molar-refractivity contribution is 7.18. The van der Waals surface area contributed by atoms with Crippen LogP contribution in [0.2, 0.25) is 0 Å². The van der Waals surface area contributed by atoms with E-state index in [1.807, 2.05) is 35.2 Å². The van der Waals surface area contributed by atoms with Crippen LogP contribution in [0.25, 0.3) is 0 Å². The fourth-order valence-electron chi connectivity index (χ4n) is 3.88. The zero-order chi connectivity index (χ0) is 18.7. The summed E-state index contributed by atoms with van der Waals surface area (Å²) < 4.78 is 0. The van der Waals surface area contributed by atoms with Crippen LogP contribution in [-0.2, 0) is 0 Å². The molecular weight excluding hydrogens is 360 g/mol. The first-order valence-corrected chi connectivity index (χ1v) is 10.2. The van der Waals surface area contributed by atoms with Gasteiger partial charge in [0.15, 0.2) is 0 Å². The maximum atomic E-state index is 12.8. The smallest absolute Gasteiger partial charge is 0.324 e. The number of nitrogens with zero attached hydrogens (tertiary/aromatic N) is 1. The fourth-order valence-corrected chi connectivity index (χ4v) is 4.75. The van der Waals surface area contributed by atoms with Gasteiger partial charge in [-0.05, 0) is 55.5 Å². The van der Waals surface area contributed by atoms with Gasteiger partial charge in [-0.15, -0.1) is 11.3 Å². The molecule has 1 spiro atoms. The van der Waals surface area contributed by atoms with Gasteiger partial charge >= 0.3 is 6.03 Å². The average molecular weight is 385 g/mol. The number of urea groups is 1. The molecule has 2 aliphatic rings. The van der Waals surface area contributed by atoms with E-state index >= 15 is 0 Å². The Kier molecular flexibility index (Phi) is 5.13. The molecule has 0 atom stereocenters. The van der Waals surface area contributed by atoms with Gasteiger partial charge in [-0.2, -0.15) is 0 Å². The second-order valence-corrected chi connectivity index (χ2v) is 8.41. The average Bonchev–Trinajstić information content (AvgIpc) is 3.33. The third-order valence-electron chi connectivity index (χ3n) is 5.53. The van der Waals surface area contributed by atoms with E-state index in [4.69, 9.17) is 0 Å². The maximum absolute atomic E-state index is 12.8. The Bertz CT molecular complexity index is 804. The van der Waals surface area contributed by atoms with Gasteiger partial charge in [0.25, 0.3) is 5.91 Å². The zero-order valence-electron chi connectivity index (χ0n) is 15.2. The number of thiophene rings is 1. The predicted molar refractivity (Wildman–Crippen MR) is 108 cm³/mol. The number of anilines is 2. The molecule has 27 heavy (non-hydrogen) atoms. The number of carbonyl (C=O) groups excluding carboxylic acids is 2. The molecular formula is C20H24N4O2S. The molecule has 0 unspecified atom stereocenters. The number of carbonyl (C=O) groups is 2. The normalized spacial score (nSPS) is 18.4. The molecule has 1 aromatic carbocycles. The largest absolute Gasteiger partial charge is 0.338 e. The number of benzene rings is 1. The molecule has 2 saturated heterocycles. The molecule has 6 nitrogen and oxygen atoms in total. The van der Waals surface area contributed by atoms with E-state index in [0.29, 0.717) is 15.3 Å². The first-order valence-electron chi connectivity index (χ1n) is 9.37. The Morgan fingerprint density at radius 2 is 1.78 bits per heavy atom.